The van der Waals surface area contributed by atoms with Crippen molar-refractivity contribution in [2.75, 3.05) is 11.9 Å². The Morgan fingerprint density at radius 3 is 2.43 bits per heavy atom. The average Bonchev–Trinajstić information content (AvgIpc) is 2.45. The SMILES string of the molecule is Cc1cccc(N(C)c2cc(CCl)cc(C(C)(C)C)n2)c1. The van der Waals surface area contributed by atoms with Crippen molar-refractivity contribution in [2.45, 2.75) is 39.0 Å². The van der Waals surface area contributed by atoms with Crippen LogP contribution in [0.4, 0.5) is 11.5 Å². The first-order valence-electron chi connectivity index (χ1n) is 7.19. The third-order valence-electron chi connectivity index (χ3n) is 3.53. The second-order valence-corrected chi connectivity index (χ2v) is 6.77. The molecule has 0 aliphatic carbocycles. The summed E-state index contributed by atoms with van der Waals surface area (Å²) in [4.78, 5) is 6.94. The lowest BCUT2D eigenvalue weighted by Crippen LogP contribution is -2.18. The molecule has 3 heteroatoms. The molecule has 1 aromatic heterocycles. The van der Waals surface area contributed by atoms with Crippen LogP contribution < -0.4 is 4.90 Å². The molecule has 0 fully saturated rings. The summed E-state index contributed by atoms with van der Waals surface area (Å²) >= 11 is 6.05. The minimum Gasteiger partial charge on any atom is -0.329 e. The van der Waals surface area contributed by atoms with Crippen molar-refractivity contribution in [3.05, 3.63) is 53.2 Å². The van der Waals surface area contributed by atoms with Gasteiger partial charge in [-0.2, -0.15) is 0 Å². The molecule has 0 unspecified atom stereocenters. The third kappa shape index (κ3) is 3.76. The van der Waals surface area contributed by atoms with Gasteiger partial charge in [-0.15, -0.1) is 11.6 Å². The lowest BCUT2D eigenvalue weighted by molar-refractivity contribution is 0.568. The molecule has 0 aliphatic heterocycles. The standard InChI is InChI=1S/C18H23ClN2/c1-13-7-6-8-15(9-13)21(5)17-11-14(12-19)10-16(20-17)18(2,3)4/h6-11H,12H2,1-5H3. The lowest BCUT2D eigenvalue weighted by Gasteiger charge is -2.24. The second kappa shape index (κ2) is 6.07. The van der Waals surface area contributed by atoms with Gasteiger partial charge in [0.05, 0.1) is 0 Å². The van der Waals surface area contributed by atoms with Crippen molar-refractivity contribution < 1.29 is 0 Å². The quantitative estimate of drug-likeness (QED) is 0.725. The highest BCUT2D eigenvalue weighted by molar-refractivity contribution is 6.17. The fourth-order valence-corrected chi connectivity index (χ4v) is 2.33. The van der Waals surface area contributed by atoms with Crippen molar-refractivity contribution >= 4 is 23.1 Å². The first kappa shape index (κ1) is 15.8. The zero-order valence-electron chi connectivity index (χ0n) is 13.4. The Morgan fingerprint density at radius 1 is 1.14 bits per heavy atom. The monoisotopic (exact) mass is 302 g/mol. The smallest absolute Gasteiger partial charge is 0.133 e. The van der Waals surface area contributed by atoms with Crippen LogP contribution in [0.15, 0.2) is 36.4 Å². The highest BCUT2D eigenvalue weighted by Crippen LogP contribution is 2.28. The molecular formula is C18H23ClN2. The lowest BCUT2D eigenvalue weighted by atomic mass is 9.91. The van der Waals surface area contributed by atoms with Gasteiger partial charge in [0.25, 0.3) is 0 Å². The van der Waals surface area contributed by atoms with Crippen LogP contribution in [-0.4, -0.2) is 12.0 Å². The van der Waals surface area contributed by atoms with E-state index >= 15 is 0 Å². The minimum absolute atomic E-state index is 0.00423. The van der Waals surface area contributed by atoms with Crippen LogP contribution in [0, 0.1) is 6.92 Å². The van der Waals surface area contributed by atoms with E-state index < -0.39 is 0 Å². The number of halogens is 1. The highest BCUT2D eigenvalue weighted by Gasteiger charge is 2.18. The number of aryl methyl sites for hydroxylation is 1. The zero-order chi connectivity index (χ0) is 15.6. The van der Waals surface area contributed by atoms with Gasteiger partial charge in [0.15, 0.2) is 0 Å². The van der Waals surface area contributed by atoms with E-state index in [9.17, 15) is 0 Å². The van der Waals surface area contributed by atoms with Gasteiger partial charge in [-0.1, -0.05) is 32.9 Å². The van der Waals surface area contributed by atoms with Gasteiger partial charge >= 0.3 is 0 Å². The predicted octanol–water partition coefficient (Wildman–Crippen LogP) is 5.19. The van der Waals surface area contributed by atoms with E-state index in [2.05, 4.69) is 69.0 Å². The Balaban J connectivity index is 2.47. The number of nitrogens with zero attached hydrogens (tertiary/aromatic N) is 2. The number of hydrogen-bond donors (Lipinski definition) is 0. The molecule has 0 radical (unpaired) electrons. The molecule has 2 aromatic rings. The first-order valence-corrected chi connectivity index (χ1v) is 7.72. The molecular weight excluding hydrogens is 280 g/mol. The molecule has 0 amide bonds. The highest BCUT2D eigenvalue weighted by atomic mass is 35.5. The molecule has 112 valence electrons. The number of hydrogen-bond acceptors (Lipinski definition) is 2. The summed E-state index contributed by atoms with van der Waals surface area (Å²) < 4.78 is 0. The fourth-order valence-electron chi connectivity index (χ4n) is 2.17. The number of anilines is 2. The van der Waals surface area contributed by atoms with Crippen LogP contribution in [0.1, 0.15) is 37.6 Å². The van der Waals surface area contributed by atoms with Crippen molar-refractivity contribution in [2.24, 2.45) is 0 Å². The Kier molecular flexibility index (Phi) is 4.58. The molecule has 0 aliphatic rings. The molecule has 1 heterocycles. The average molecular weight is 303 g/mol. The number of pyridine rings is 1. The molecule has 0 saturated carbocycles. The van der Waals surface area contributed by atoms with Gasteiger partial charge in [-0.25, -0.2) is 4.98 Å². The zero-order valence-corrected chi connectivity index (χ0v) is 14.2. The van der Waals surface area contributed by atoms with Crippen LogP contribution in [0.3, 0.4) is 0 Å². The molecule has 0 atom stereocenters. The molecule has 0 spiro atoms. The second-order valence-electron chi connectivity index (χ2n) is 6.50. The van der Waals surface area contributed by atoms with Crippen LogP contribution in [0.2, 0.25) is 0 Å². The topological polar surface area (TPSA) is 16.1 Å². The van der Waals surface area contributed by atoms with Gasteiger partial charge in [0.1, 0.15) is 5.82 Å². The van der Waals surface area contributed by atoms with Crippen molar-refractivity contribution in [1.82, 2.24) is 4.98 Å². The third-order valence-corrected chi connectivity index (χ3v) is 3.84. The maximum Gasteiger partial charge on any atom is 0.133 e. The molecule has 0 N–H and O–H groups in total. The number of rotatable bonds is 3. The fraction of sp³-hybridized carbons (Fsp3) is 0.389. The van der Waals surface area contributed by atoms with Gasteiger partial charge in [-0.3, -0.25) is 0 Å². The number of alkyl halides is 1. The molecule has 1 aromatic carbocycles. The Hall–Kier alpha value is -1.54. The Bertz CT molecular complexity index is 629. The van der Waals surface area contributed by atoms with E-state index in [0.717, 1.165) is 22.8 Å². The first-order chi connectivity index (χ1) is 9.81. The minimum atomic E-state index is 0.00423. The van der Waals surface area contributed by atoms with Gasteiger partial charge in [0, 0.05) is 29.7 Å². The van der Waals surface area contributed by atoms with Crippen LogP contribution in [0.5, 0.6) is 0 Å². The van der Waals surface area contributed by atoms with E-state index in [-0.39, 0.29) is 5.41 Å². The largest absolute Gasteiger partial charge is 0.329 e. The Labute approximate surface area is 132 Å². The van der Waals surface area contributed by atoms with E-state index in [0.29, 0.717) is 5.88 Å². The van der Waals surface area contributed by atoms with Crippen LogP contribution >= 0.6 is 11.6 Å². The van der Waals surface area contributed by atoms with E-state index in [1.807, 2.05) is 7.05 Å². The number of benzene rings is 1. The predicted molar refractivity (Wildman–Crippen MR) is 91.7 cm³/mol. The normalized spacial score (nSPS) is 11.5. The van der Waals surface area contributed by atoms with Crippen LogP contribution in [-0.2, 0) is 11.3 Å². The van der Waals surface area contributed by atoms with Gasteiger partial charge in [-0.05, 0) is 42.3 Å². The molecule has 21 heavy (non-hydrogen) atoms. The molecule has 0 saturated heterocycles. The van der Waals surface area contributed by atoms with E-state index in [1.54, 1.807) is 0 Å². The van der Waals surface area contributed by atoms with Crippen molar-refractivity contribution in [3.63, 3.8) is 0 Å². The number of aromatic nitrogens is 1. The summed E-state index contributed by atoms with van der Waals surface area (Å²) in [5.74, 6) is 1.43. The molecule has 2 rings (SSSR count). The van der Waals surface area contributed by atoms with Gasteiger partial charge in [0.2, 0.25) is 0 Å². The summed E-state index contributed by atoms with van der Waals surface area (Å²) in [5.41, 5.74) is 4.55. The van der Waals surface area contributed by atoms with Gasteiger partial charge < -0.3 is 4.90 Å². The Morgan fingerprint density at radius 2 is 1.86 bits per heavy atom. The van der Waals surface area contributed by atoms with Crippen molar-refractivity contribution in [1.29, 1.82) is 0 Å². The van der Waals surface area contributed by atoms with E-state index in [4.69, 9.17) is 16.6 Å². The maximum atomic E-state index is 6.05. The van der Waals surface area contributed by atoms with E-state index in [1.165, 1.54) is 5.56 Å². The summed E-state index contributed by atoms with van der Waals surface area (Å²) in [6.45, 7) is 8.61. The van der Waals surface area contributed by atoms with Crippen molar-refractivity contribution in [3.8, 4) is 0 Å². The molecule has 0 bridgehead atoms. The summed E-state index contributed by atoms with van der Waals surface area (Å²) in [6.07, 6.45) is 0. The molecule has 2 nitrogen and oxygen atoms in total. The van der Waals surface area contributed by atoms with Crippen LogP contribution in [0.25, 0.3) is 0 Å². The summed E-state index contributed by atoms with van der Waals surface area (Å²) in [5, 5.41) is 0. The maximum absolute atomic E-state index is 6.05. The summed E-state index contributed by atoms with van der Waals surface area (Å²) in [7, 11) is 2.04. The summed E-state index contributed by atoms with van der Waals surface area (Å²) in [6, 6.07) is 12.6.